The van der Waals surface area contributed by atoms with Crippen LogP contribution in [0.1, 0.15) is 18.4 Å². The smallest absolute Gasteiger partial charge is 0.178 e. The van der Waals surface area contributed by atoms with Crippen molar-refractivity contribution < 1.29 is 5.11 Å². The lowest BCUT2D eigenvalue weighted by molar-refractivity contribution is 0.185. The standard InChI is InChI=1S/C6H9IN2OS/c1-4(10)2-3-5-8-9-6(7)11-5/h4,10H,2-3H2,1H3. The molecule has 0 aliphatic heterocycles. The van der Waals surface area contributed by atoms with Crippen LogP contribution in [0.5, 0.6) is 0 Å². The van der Waals surface area contributed by atoms with Gasteiger partial charge in [0.15, 0.2) is 3.01 Å². The van der Waals surface area contributed by atoms with Gasteiger partial charge < -0.3 is 5.11 Å². The summed E-state index contributed by atoms with van der Waals surface area (Å²) in [5.74, 6) is 0. The van der Waals surface area contributed by atoms with E-state index in [1.165, 1.54) is 0 Å². The average Bonchev–Trinajstić information content (AvgIpc) is 2.31. The van der Waals surface area contributed by atoms with Crippen LogP contribution in [0.2, 0.25) is 0 Å². The summed E-state index contributed by atoms with van der Waals surface area (Å²) in [6, 6.07) is 0. The van der Waals surface area contributed by atoms with Crippen molar-refractivity contribution in [1.82, 2.24) is 10.2 Å². The molecule has 11 heavy (non-hydrogen) atoms. The summed E-state index contributed by atoms with van der Waals surface area (Å²) in [5, 5.41) is 17.8. The van der Waals surface area contributed by atoms with E-state index in [4.69, 9.17) is 5.11 Å². The Morgan fingerprint density at radius 2 is 2.36 bits per heavy atom. The molecule has 1 aromatic rings. The highest BCUT2D eigenvalue weighted by molar-refractivity contribution is 14.1. The first-order valence-electron chi connectivity index (χ1n) is 3.34. The average molecular weight is 284 g/mol. The predicted octanol–water partition coefficient (Wildman–Crippen LogP) is 1.46. The molecule has 1 atom stereocenters. The Morgan fingerprint density at radius 1 is 1.64 bits per heavy atom. The normalized spacial score (nSPS) is 13.4. The second-order valence-electron chi connectivity index (χ2n) is 2.34. The highest BCUT2D eigenvalue weighted by Gasteiger charge is 2.02. The van der Waals surface area contributed by atoms with Gasteiger partial charge in [-0.1, -0.05) is 11.3 Å². The highest BCUT2D eigenvalue weighted by atomic mass is 127. The van der Waals surface area contributed by atoms with E-state index in [1.54, 1.807) is 18.3 Å². The van der Waals surface area contributed by atoms with Gasteiger partial charge in [-0.3, -0.25) is 0 Å². The first kappa shape index (κ1) is 9.34. The number of rotatable bonds is 3. The number of aromatic nitrogens is 2. The Hall–Kier alpha value is 0.250. The van der Waals surface area contributed by atoms with Crippen molar-refractivity contribution in [2.45, 2.75) is 25.9 Å². The van der Waals surface area contributed by atoms with E-state index >= 15 is 0 Å². The van der Waals surface area contributed by atoms with Crippen LogP contribution in [0.25, 0.3) is 0 Å². The number of nitrogens with zero attached hydrogens (tertiary/aromatic N) is 2. The zero-order valence-corrected chi connectivity index (χ0v) is 9.09. The molecule has 0 amide bonds. The molecule has 0 radical (unpaired) electrons. The molecule has 0 aromatic carbocycles. The topological polar surface area (TPSA) is 46.0 Å². The molecule has 1 rings (SSSR count). The molecule has 62 valence electrons. The zero-order chi connectivity index (χ0) is 8.27. The lowest BCUT2D eigenvalue weighted by Crippen LogP contribution is -2.00. The Bertz CT molecular complexity index is 226. The molecular weight excluding hydrogens is 275 g/mol. The Labute approximate surface area is 83.0 Å². The number of halogens is 1. The summed E-state index contributed by atoms with van der Waals surface area (Å²) in [6.07, 6.45) is 1.36. The Kier molecular flexibility index (Phi) is 3.67. The largest absolute Gasteiger partial charge is 0.393 e. The number of aliphatic hydroxyl groups is 1. The van der Waals surface area contributed by atoms with Gasteiger partial charge in [-0.2, -0.15) is 0 Å². The van der Waals surface area contributed by atoms with Crippen LogP contribution in [0.4, 0.5) is 0 Å². The van der Waals surface area contributed by atoms with Gasteiger partial charge in [0.25, 0.3) is 0 Å². The van der Waals surface area contributed by atoms with Crippen molar-refractivity contribution in [1.29, 1.82) is 0 Å². The number of hydrogen-bond donors (Lipinski definition) is 1. The summed E-state index contributed by atoms with van der Waals surface area (Å²) in [6.45, 7) is 1.78. The molecule has 5 heteroatoms. The van der Waals surface area contributed by atoms with Crippen molar-refractivity contribution in [3.8, 4) is 0 Å². The lowest BCUT2D eigenvalue weighted by atomic mass is 10.2. The monoisotopic (exact) mass is 284 g/mol. The molecular formula is C6H9IN2OS. The first-order chi connectivity index (χ1) is 5.18. The minimum atomic E-state index is -0.239. The van der Waals surface area contributed by atoms with Crippen molar-refractivity contribution in [2.75, 3.05) is 0 Å². The fraction of sp³-hybridized carbons (Fsp3) is 0.667. The third-order valence-corrected chi connectivity index (χ3v) is 2.87. The molecule has 1 unspecified atom stereocenters. The molecule has 1 N–H and O–H groups in total. The van der Waals surface area contributed by atoms with Crippen LogP contribution < -0.4 is 0 Å². The molecule has 0 aliphatic rings. The van der Waals surface area contributed by atoms with Crippen molar-refractivity contribution >= 4 is 33.9 Å². The van der Waals surface area contributed by atoms with Crippen LogP contribution in [-0.2, 0) is 6.42 Å². The van der Waals surface area contributed by atoms with Crippen LogP contribution in [0.3, 0.4) is 0 Å². The summed E-state index contributed by atoms with van der Waals surface area (Å²) < 4.78 is 0.961. The van der Waals surface area contributed by atoms with Gasteiger partial charge in [-0.05, 0) is 35.9 Å². The zero-order valence-electron chi connectivity index (χ0n) is 6.12. The molecule has 0 fully saturated rings. The molecule has 0 bridgehead atoms. The Balaban J connectivity index is 2.39. The number of aliphatic hydroxyl groups excluding tert-OH is 1. The van der Waals surface area contributed by atoms with Crippen molar-refractivity contribution in [3.63, 3.8) is 0 Å². The molecule has 0 saturated carbocycles. The van der Waals surface area contributed by atoms with Crippen LogP contribution >= 0.6 is 33.9 Å². The van der Waals surface area contributed by atoms with Gasteiger partial charge in [0.1, 0.15) is 5.01 Å². The van der Waals surface area contributed by atoms with Gasteiger partial charge >= 0.3 is 0 Å². The molecule has 1 heterocycles. The fourth-order valence-corrected chi connectivity index (χ4v) is 2.11. The highest BCUT2D eigenvalue weighted by Crippen LogP contribution is 2.13. The van der Waals surface area contributed by atoms with Gasteiger partial charge in [-0.25, -0.2) is 0 Å². The molecule has 1 aromatic heterocycles. The molecule has 0 saturated heterocycles. The number of aryl methyl sites for hydroxylation is 1. The van der Waals surface area contributed by atoms with E-state index in [9.17, 15) is 0 Å². The summed E-state index contributed by atoms with van der Waals surface area (Å²) in [5.41, 5.74) is 0. The lowest BCUT2D eigenvalue weighted by Gasteiger charge is -1.98. The minimum absolute atomic E-state index is 0.239. The van der Waals surface area contributed by atoms with Crippen LogP contribution in [0, 0.1) is 3.01 Å². The summed E-state index contributed by atoms with van der Waals surface area (Å²) in [4.78, 5) is 0. The maximum atomic E-state index is 8.98. The van der Waals surface area contributed by atoms with Gasteiger partial charge in [0.05, 0.1) is 6.10 Å². The maximum Gasteiger partial charge on any atom is 0.178 e. The van der Waals surface area contributed by atoms with E-state index in [0.29, 0.717) is 0 Å². The van der Waals surface area contributed by atoms with Crippen LogP contribution in [-0.4, -0.2) is 21.4 Å². The van der Waals surface area contributed by atoms with Gasteiger partial charge in [0, 0.05) is 6.42 Å². The SMILES string of the molecule is CC(O)CCc1nnc(I)s1. The van der Waals surface area contributed by atoms with E-state index in [1.807, 2.05) is 0 Å². The second-order valence-corrected chi connectivity index (χ2v) is 5.15. The second kappa shape index (κ2) is 4.32. The fourth-order valence-electron chi connectivity index (χ4n) is 0.667. The Morgan fingerprint density at radius 3 is 2.82 bits per heavy atom. The quantitative estimate of drug-likeness (QED) is 0.855. The molecule has 3 nitrogen and oxygen atoms in total. The van der Waals surface area contributed by atoms with E-state index < -0.39 is 0 Å². The van der Waals surface area contributed by atoms with Crippen LogP contribution in [0.15, 0.2) is 0 Å². The summed E-state index contributed by atoms with van der Waals surface area (Å²) >= 11 is 3.72. The number of hydrogen-bond acceptors (Lipinski definition) is 4. The van der Waals surface area contributed by atoms with Crippen molar-refractivity contribution in [3.05, 3.63) is 8.02 Å². The van der Waals surface area contributed by atoms with E-state index in [0.717, 1.165) is 20.9 Å². The van der Waals surface area contributed by atoms with E-state index in [2.05, 4.69) is 32.8 Å². The predicted molar refractivity (Wildman–Crippen MR) is 52.6 cm³/mol. The van der Waals surface area contributed by atoms with E-state index in [-0.39, 0.29) is 6.10 Å². The first-order valence-corrected chi connectivity index (χ1v) is 5.24. The van der Waals surface area contributed by atoms with Crippen molar-refractivity contribution in [2.24, 2.45) is 0 Å². The molecule has 0 spiro atoms. The summed E-state index contributed by atoms with van der Waals surface area (Å²) in [7, 11) is 0. The van der Waals surface area contributed by atoms with Gasteiger partial charge in [-0.15, -0.1) is 10.2 Å². The maximum absolute atomic E-state index is 8.98. The molecule has 0 aliphatic carbocycles. The minimum Gasteiger partial charge on any atom is -0.393 e. The van der Waals surface area contributed by atoms with Gasteiger partial charge in [0.2, 0.25) is 0 Å². The third-order valence-electron chi connectivity index (χ3n) is 1.22. The third kappa shape index (κ3) is 3.44.